The number of benzene rings is 3. The molecule has 3 N–H and O–H groups in total. The van der Waals surface area contributed by atoms with Crippen LogP contribution in [0.2, 0.25) is 5.02 Å². The molecule has 4 aromatic rings. The van der Waals surface area contributed by atoms with Gasteiger partial charge in [0.1, 0.15) is 0 Å². The Morgan fingerprint density at radius 2 is 1.62 bits per heavy atom. The Morgan fingerprint density at radius 3 is 2.25 bits per heavy atom. The lowest BCUT2D eigenvalue weighted by molar-refractivity contribution is -0.143. The molecular weight excluding hydrogens is 426 g/mol. The van der Waals surface area contributed by atoms with Crippen LogP contribution in [0.4, 0.5) is 0 Å². The molecule has 1 heterocycles. The van der Waals surface area contributed by atoms with E-state index in [1.54, 1.807) is 19.1 Å². The summed E-state index contributed by atoms with van der Waals surface area (Å²) in [5.41, 5.74) is 11.3. The van der Waals surface area contributed by atoms with Gasteiger partial charge < -0.3 is 10.5 Å². The van der Waals surface area contributed by atoms with Crippen molar-refractivity contribution in [3.8, 4) is 22.3 Å². The number of hydrogen-bond acceptors (Lipinski definition) is 4. The fraction of sp³-hybridized carbons (Fsp3) is 0.160. The summed E-state index contributed by atoms with van der Waals surface area (Å²) in [5, 5.41) is 8.88. The Morgan fingerprint density at radius 1 is 1.00 bits per heavy atom. The van der Waals surface area contributed by atoms with Crippen LogP contribution in [0.5, 0.6) is 0 Å². The molecule has 0 aliphatic heterocycles. The summed E-state index contributed by atoms with van der Waals surface area (Å²) in [7, 11) is 0. The number of carbonyl (C=O) groups is 2. The molecule has 0 unspecified atom stereocenters. The number of hydrogen-bond donors (Lipinski definition) is 2. The first-order chi connectivity index (χ1) is 15.5. The highest BCUT2D eigenvalue weighted by Crippen LogP contribution is 2.34. The average molecular weight is 448 g/mol. The number of amides is 1. The number of carbonyl (C=O) groups excluding carboxylic acids is 2. The van der Waals surface area contributed by atoms with Crippen LogP contribution in [0.1, 0.15) is 29.4 Å². The van der Waals surface area contributed by atoms with Crippen LogP contribution >= 0.6 is 11.6 Å². The minimum absolute atomic E-state index is 0.239. The number of aryl methyl sites for hydroxylation is 1. The Balaban J connectivity index is 1.61. The molecule has 32 heavy (non-hydrogen) atoms. The van der Waals surface area contributed by atoms with E-state index in [0.717, 1.165) is 38.9 Å². The second kappa shape index (κ2) is 9.24. The predicted molar refractivity (Wildman–Crippen MR) is 125 cm³/mol. The van der Waals surface area contributed by atoms with Crippen LogP contribution in [0, 0.1) is 0 Å². The van der Waals surface area contributed by atoms with Crippen molar-refractivity contribution in [1.82, 2.24) is 10.2 Å². The number of halogens is 1. The second-order valence-corrected chi connectivity index (χ2v) is 7.78. The highest BCUT2D eigenvalue weighted by atomic mass is 35.5. The Hall–Kier alpha value is -3.64. The second-order valence-electron chi connectivity index (χ2n) is 7.37. The minimum Gasteiger partial charge on any atom is -0.466 e. The highest BCUT2D eigenvalue weighted by molar-refractivity contribution is 6.34. The zero-order chi connectivity index (χ0) is 22.7. The van der Waals surface area contributed by atoms with Gasteiger partial charge in [-0.3, -0.25) is 14.7 Å². The van der Waals surface area contributed by atoms with E-state index < -0.39 is 5.91 Å². The van der Waals surface area contributed by atoms with Gasteiger partial charge in [-0.1, -0.05) is 48.0 Å². The fourth-order valence-electron chi connectivity index (χ4n) is 3.63. The number of esters is 1. The zero-order valence-electron chi connectivity index (χ0n) is 17.5. The molecule has 0 bridgehead atoms. The van der Waals surface area contributed by atoms with Gasteiger partial charge in [0.15, 0.2) is 0 Å². The Kier molecular flexibility index (Phi) is 6.23. The smallest absolute Gasteiger partial charge is 0.306 e. The maximum absolute atomic E-state index is 11.7. The first-order valence-corrected chi connectivity index (χ1v) is 10.7. The van der Waals surface area contributed by atoms with Crippen LogP contribution in [0.3, 0.4) is 0 Å². The lowest BCUT2D eigenvalue weighted by atomic mass is 9.98. The predicted octanol–water partition coefficient (Wildman–Crippen LogP) is 5.14. The van der Waals surface area contributed by atoms with Gasteiger partial charge in [-0.05, 0) is 47.9 Å². The molecule has 3 aromatic carbocycles. The van der Waals surface area contributed by atoms with E-state index in [4.69, 9.17) is 22.1 Å². The first kappa shape index (κ1) is 21.6. The number of primary amides is 1. The largest absolute Gasteiger partial charge is 0.466 e. The number of nitrogens with one attached hydrogen (secondary N) is 1. The molecule has 0 fully saturated rings. The summed E-state index contributed by atoms with van der Waals surface area (Å²) in [6.07, 6.45) is 0.759. The number of aromatic amines is 1. The Bertz CT molecular complexity index is 1280. The van der Waals surface area contributed by atoms with Crippen LogP contribution in [0.25, 0.3) is 33.2 Å². The molecule has 0 spiro atoms. The van der Waals surface area contributed by atoms with E-state index in [0.29, 0.717) is 23.6 Å². The van der Waals surface area contributed by atoms with Gasteiger partial charge in [-0.25, -0.2) is 0 Å². The van der Waals surface area contributed by atoms with Gasteiger partial charge >= 0.3 is 5.97 Å². The lowest BCUT2D eigenvalue weighted by Gasteiger charge is -2.08. The van der Waals surface area contributed by atoms with Crippen molar-refractivity contribution in [3.05, 3.63) is 76.9 Å². The van der Waals surface area contributed by atoms with E-state index >= 15 is 0 Å². The summed E-state index contributed by atoms with van der Waals surface area (Å²) >= 11 is 6.55. The third kappa shape index (κ3) is 4.50. The third-order valence-electron chi connectivity index (χ3n) is 5.30. The molecule has 6 nitrogen and oxygen atoms in total. The van der Waals surface area contributed by atoms with Crippen LogP contribution in [0.15, 0.2) is 60.7 Å². The van der Waals surface area contributed by atoms with Crippen molar-refractivity contribution in [1.29, 1.82) is 0 Å². The number of ether oxygens (including phenoxy) is 1. The quantitative estimate of drug-likeness (QED) is 0.383. The number of aromatic nitrogens is 2. The van der Waals surface area contributed by atoms with E-state index in [1.165, 1.54) is 0 Å². The molecular formula is C25H22ClN3O3. The fourth-order valence-corrected chi connectivity index (χ4v) is 3.90. The summed E-state index contributed by atoms with van der Waals surface area (Å²) in [5.74, 6) is -0.685. The molecule has 0 atom stereocenters. The van der Waals surface area contributed by atoms with Crippen LogP contribution in [-0.2, 0) is 16.0 Å². The van der Waals surface area contributed by atoms with Gasteiger partial charge in [0.25, 0.3) is 0 Å². The Labute approximate surface area is 190 Å². The topological polar surface area (TPSA) is 98.1 Å². The summed E-state index contributed by atoms with van der Waals surface area (Å²) < 4.78 is 5.01. The number of nitrogens with two attached hydrogens (primary N) is 1. The molecule has 0 saturated carbocycles. The van der Waals surface area contributed by atoms with Crippen molar-refractivity contribution in [3.63, 3.8) is 0 Å². The van der Waals surface area contributed by atoms with Crippen LogP contribution < -0.4 is 5.73 Å². The van der Waals surface area contributed by atoms with E-state index in [-0.39, 0.29) is 12.4 Å². The van der Waals surface area contributed by atoms with Gasteiger partial charge in [0, 0.05) is 22.9 Å². The molecule has 162 valence electrons. The van der Waals surface area contributed by atoms with Crippen molar-refractivity contribution < 1.29 is 14.3 Å². The van der Waals surface area contributed by atoms with Gasteiger partial charge in [-0.2, -0.15) is 5.10 Å². The molecule has 4 rings (SSSR count). The molecule has 0 aliphatic carbocycles. The minimum atomic E-state index is -0.446. The van der Waals surface area contributed by atoms with Crippen molar-refractivity contribution >= 4 is 34.4 Å². The normalized spacial score (nSPS) is 10.9. The maximum atomic E-state index is 11.7. The standard InChI is InChI=1S/C25H22ClN3O3/c1-2-32-24(30)12-11-22-20-13-19(21(26)14-23(20)29-28-22)17-7-3-15(4-8-17)16-5-9-18(10-6-16)25(27)31/h3-10,13-14H,2,11-12H2,1H3,(H2,27,31)(H,28,29). The van der Waals surface area contributed by atoms with E-state index in [1.807, 2.05) is 48.5 Å². The molecule has 0 saturated heterocycles. The average Bonchev–Trinajstić information content (AvgIpc) is 3.19. The van der Waals surface area contributed by atoms with E-state index in [9.17, 15) is 9.59 Å². The van der Waals surface area contributed by atoms with Crippen molar-refractivity contribution in [2.24, 2.45) is 5.73 Å². The summed E-state index contributed by atoms with van der Waals surface area (Å²) in [6.45, 7) is 2.16. The lowest BCUT2D eigenvalue weighted by Crippen LogP contribution is -2.10. The van der Waals surface area contributed by atoms with Crippen molar-refractivity contribution in [2.75, 3.05) is 6.61 Å². The van der Waals surface area contributed by atoms with Crippen LogP contribution in [-0.4, -0.2) is 28.7 Å². The molecule has 1 amide bonds. The summed E-state index contributed by atoms with van der Waals surface area (Å²) in [6, 6.07) is 19.0. The monoisotopic (exact) mass is 447 g/mol. The molecule has 7 heteroatoms. The number of nitrogens with zero attached hydrogens (tertiary/aromatic N) is 1. The molecule has 0 aliphatic rings. The number of H-pyrrole nitrogens is 1. The SMILES string of the molecule is CCOC(=O)CCc1n[nH]c2cc(Cl)c(-c3ccc(-c4ccc(C(N)=O)cc4)cc3)cc12. The van der Waals surface area contributed by atoms with Crippen molar-refractivity contribution in [2.45, 2.75) is 19.8 Å². The highest BCUT2D eigenvalue weighted by Gasteiger charge is 2.13. The van der Waals surface area contributed by atoms with Gasteiger partial charge in [0.2, 0.25) is 5.91 Å². The van der Waals surface area contributed by atoms with Gasteiger partial charge in [-0.15, -0.1) is 0 Å². The number of fused-ring (bicyclic) bond motifs is 1. The van der Waals surface area contributed by atoms with Gasteiger partial charge in [0.05, 0.1) is 29.3 Å². The first-order valence-electron chi connectivity index (χ1n) is 10.3. The summed E-state index contributed by atoms with van der Waals surface area (Å²) in [4.78, 5) is 23.0. The third-order valence-corrected chi connectivity index (χ3v) is 5.61. The maximum Gasteiger partial charge on any atom is 0.306 e. The molecule has 1 aromatic heterocycles. The number of rotatable bonds is 7. The zero-order valence-corrected chi connectivity index (χ0v) is 18.3. The van der Waals surface area contributed by atoms with E-state index in [2.05, 4.69) is 10.2 Å². The molecule has 0 radical (unpaired) electrons.